The van der Waals surface area contributed by atoms with Gasteiger partial charge in [-0.05, 0) is 122 Å². The summed E-state index contributed by atoms with van der Waals surface area (Å²) < 4.78 is 48.0. The lowest BCUT2D eigenvalue weighted by Crippen LogP contribution is -2.51. The molecule has 1 saturated heterocycles. The van der Waals surface area contributed by atoms with Crippen LogP contribution >= 0.6 is 0 Å². The van der Waals surface area contributed by atoms with Crippen LogP contribution in [0.1, 0.15) is 129 Å². The summed E-state index contributed by atoms with van der Waals surface area (Å²) in [6.45, 7) is 15.5. The molecule has 0 amide bonds. The molecule has 7 rings (SSSR count). The Morgan fingerprint density at radius 3 is 2.36 bits per heavy atom. The lowest BCUT2D eigenvalue weighted by molar-refractivity contribution is -0.165. The molecular formula is C54H81N3O12. The number of aromatic nitrogens is 3. The van der Waals surface area contributed by atoms with Gasteiger partial charge >= 0.3 is 17.6 Å². The Bertz CT molecular complexity index is 2140. The highest BCUT2D eigenvalue weighted by molar-refractivity contribution is 5.71. The smallest absolute Gasteiger partial charge is 0.333 e. The molecule has 2 aromatic heterocycles. The second-order valence-electron chi connectivity index (χ2n) is 21.6. The molecule has 3 heterocycles. The van der Waals surface area contributed by atoms with Gasteiger partial charge in [-0.25, -0.2) is 14.4 Å². The van der Waals surface area contributed by atoms with E-state index in [9.17, 15) is 19.2 Å². The van der Waals surface area contributed by atoms with Crippen molar-refractivity contribution in [2.24, 2.45) is 46.3 Å². The number of hydrogen-bond acceptors (Lipinski definition) is 13. The summed E-state index contributed by atoms with van der Waals surface area (Å²) in [5, 5.41) is 0. The van der Waals surface area contributed by atoms with Gasteiger partial charge in [0.05, 0.1) is 52.3 Å². The number of hydrogen-bond donors (Lipinski definition) is 0. The molecule has 1 aliphatic heterocycles. The van der Waals surface area contributed by atoms with Crippen LogP contribution in [0.2, 0.25) is 0 Å². The van der Waals surface area contributed by atoms with E-state index in [1.807, 2.05) is 0 Å². The Kier molecular flexibility index (Phi) is 18.9. The third kappa shape index (κ3) is 13.0. The molecule has 15 nitrogen and oxygen atoms in total. The summed E-state index contributed by atoms with van der Waals surface area (Å²) in [6, 6.07) is 3.48. The van der Waals surface area contributed by atoms with E-state index in [1.54, 1.807) is 38.6 Å². The first-order valence-corrected chi connectivity index (χ1v) is 26.0. The molecule has 0 bridgehead atoms. The number of nitrogens with zero attached hydrogens (tertiary/aromatic N) is 3. The largest absolute Gasteiger partial charge is 0.461 e. The van der Waals surface area contributed by atoms with E-state index in [2.05, 4.69) is 45.7 Å². The molecular weight excluding hydrogens is 883 g/mol. The van der Waals surface area contributed by atoms with Gasteiger partial charge in [-0.15, -0.1) is 0 Å². The van der Waals surface area contributed by atoms with E-state index < -0.39 is 41.6 Å². The predicted molar refractivity (Wildman–Crippen MR) is 260 cm³/mol. The van der Waals surface area contributed by atoms with Crippen molar-refractivity contribution in [1.29, 1.82) is 0 Å². The summed E-state index contributed by atoms with van der Waals surface area (Å²) in [5.74, 6) is 3.41. The van der Waals surface area contributed by atoms with E-state index in [1.165, 1.54) is 61.3 Å². The number of carbonyl (C=O) groups is 2. The molecule has 15 heteroatoms. The van der Waals surface area contributed by atoms with Crippen LogP contribution in [0.15, 0.2) is 52.0 Å². The van der Waals surface area contributed by atoms with Crippen molar-refractivity contribution in [3.05, 3.63) is 74.3 Å². The lowest BCUT2D eigenvalue weighted by Gasteiger charge is -2.58. The minimum absolute atomic E-state index is 0.0372. The highest BCUT2D eigenvalue weighted by Gasteiger charge is 2.59. The van der Waals surface area contributed by atoms with E-state index in [0.717, 1.165) is 65.4 Å². The number of methoxy groups -OCH3 is 1. The first-order valence-electron chi connectivity index (χ1n) is 26.0. The van der Waals surface area contributed by atoms with Crippen LogP contribution < -0.4 is 11.2 Å². The first-order chi connectivity index (χ1) is 33.2. The third-order valence-electron chi connectivity index (χ3n) is 16.7. The number of rotatable bonds is 25. The molecule has 0 radical (unpaired) electrons. The average Bonchev–Trinajstić information content (AvgIpc) is 3.90. The number of carbonyl (C=O) groups excluding carboxylic acids is 2. The van der Waals surface area contributed by atoms with E-state index in [-0.39, 0.29) is 57.5 Å². The fraction of sp³-hybridized carbons (Fsp3) is 0.759. The summed E-state index contributed by atoms with van der Waals surface area (Å²) in [6.07, 6.45) is 17.8. The zero-order chi connectivity index (χ0) is 49.1. The Hall–Kier alpha value is -3.73. The molecule has 11 atom stereocenters. The SMILES string of the molecule is COCCOCCOCCOCC(=O)OC[C@H]1O[C@@H](n2cc(C)c(=O)n(Cc3ccncc3)c2=O)C[C@@H]1OC(=O)CO[C@H]1CC[C@@]2(C)C(=CC[C@H]3[C@@H]4CC[C@H]([C@H](C)CCCC(C)C)[C@@]4(C)CC[C@@H]32)C1. The molecule has 0 aromatic carbocycles. The molecule has 4 aliphatic carbocycles. The van der Waals surface area contributed by atoms with E-state index >= 15 is 0 Å². The van der Waals surface area contributed by atoms with E-state index in [0.29, 0.717) is 43.3 Å². The minimum Gasteiger partial charge on any atom is -0.461 e. The predicted octanol–water partition coefficient (Wildman–Crippen LogP) is 7.63. The molecule has 384 valence electrons. The Balaban J connectivity index is 0.944. The van der Waals surface area contributed by atoms with Crippen molar-refractivity contribution in [3.8, 4) is 0 Å². The van der Waals surface area contributed by atoms with E-state index in [4.69, 9.17) is 37.9 Å². The standard InChI is InChI=1S/C54H81N3O12/c1-36(2)9-8-10-37(3)43-13-14-44-42-12-11-40-29-41(15-19-53(40,5)45(42)16-20-54(43,44)6)66-35-50(59)69-46-30-48(56-31-38(4)51(60)57(52(56)61)32-39-17-21-55-22-18-39)68-47(46)33-67-49(58)34-65-28-27-64-26-25-63-24-23-62-7/h11,17-18,21-22,31,36-37,41-48H,8-10,12-16,19-20,23-30,32-35H2,1-7H3/t37-,41+,42+,43-,44+,45+,46+,47-,48-,53+,54-/m1/s1. The third-order valence-corrected chi connectivity index (χ3v) is 16.7. The zero-order valence-electron chi connectivity index (χ0n) is 42.5. The molecule has 0 unspecified atom stereocenters. The molecule has 2 aromatic rings. The first kappa shape index (κ1) is 53.1. The van der Waals surface area contributed by atoms with Crippen LogP contribution in [-0.2, 0) is 54.0 Å². The Labute approximate surface area is 409 Å². The number of fused-ring (bicyclic) bond motifs is 5. The molecule has 0 spiro atoms. The summed E-state index contributed by atoms with van der Waals surface area (Å²) in [4.78, 5) is 57.6. The van der Waals surface area contributed by atoms with Crippen LogP contribution in [0.3, 0.4) is 0 Å². The topological polar surface area (TPSA) is 165 Å². The van der Waals surface area contributed by atoms with Crippen LogP contribution in [0.4, 0.5) is 0 Å². The van der Waals surface area contributed by atoms with Crippen molar-refractivity contribution >= 4 is 11.9 Å². The Morgan fingerprint density at radius 2 is 1.62 bits per heavy atom. The fourth-order valence-electron chi connectivity index (χ4n) is 13.1. The number of allylic oxidation sites excluding steroid dienone is 1. The van der Waals surface area contributed by atoms with Gasteiger partial charge in [0.1, 0.15) is 38.3 Å². The van der Waals surface area contributed by atoms with Gasteiger partial charge in [0.25, 0.3) is 5.56 Å². The number of esters is 2. The van der Waals surface area contributed by atoms with Gasteiger partial charge in [0.2, 0.25) is 0 Å². The van der Waals surface area contributed by atoms with Gasteiger partial charge in [-0.3, -0.25) is 18.9 Å². The van der Waals surface area contributed by atoms with Crippen LogP contribution in [-0.4, -0.2) is 111 Å². The van der Waals surface area contributed by atoms with Gasteiger partial charge in [-0.1, -0.05) is 65.5 Å². The molecule has 69 heavy (non-hydrogen) atoms. The molecule has 4 fully saturated rings. The highest BCUT2D eigenvalue weighted by atomic mass is 16.6. The van der Waals surface area contributed by atoms with Gasteiger partial charge in [0, 0.05) is 37.7 Å². The van der Waals surface area contributed by atoms with Gasteiger partial charge in [-0.2, -0.15) is 0 Å². The summed E-state index contributed by atoms with van der Waals surface area (Å²) in [7, 11) is 1.61. The Morgan fingerprint density at radius 1 is 0.884 bits per heavy atom. The average molecular weight is 964 g/mol. The van der Waals surface area contributed by atoms with Crippen molar-refractivity contribution in [1.82, 2.24) is 14.1 Å². The van der Waals surface area contributed by atoms with Crippen molar-refractivity contribution in [3.63, 3.8) is 0 Å². The minimum atomic E-state index is -0.918. The monoisotopic (exact) mass is 964 g/mol. The summed E-state index contributed by atoms with van der Waals surface area (Å²) in [5.41, 5.74) is 2.15. The normalized spacial score (nSPS) is 30.1. The second-order valence-corrected chi connectivity index (χ2v) is 21.6. The molecule has 0 N–H and O–H groups in total. The second kappa shape index (κ2) is 24.6. The van der Waals surface area contributed by atoms with Crippen molar-refractivity contribution < 1.29 is 47.5 Å². The van der Waals surface area contributed by atoms with Crippen LogP contribution in [0.5, 0.6) is 0 Å². The quantitative estimate of drug-likeness (QED) is 0.0543. The van der Waals surface area contributed by atoms with Crippen LogP contribution in [0.25, 0.3) is 0 Å². The lowest BCUT2D eigenvalue weighted by atomic mass is 9.47. The number of pyridine rings is 1. The zero-order valence-corrected chi connectivity index (χ0v) is 42.5. The van der Waals surface area contributed by atoms with Crippen molar-refractivity contribution in [2.75, 3.05) is 66.6 Å². The number of ether oxygens (including phenoxy) is 8. The number of aryl methyl sites for hydroxylation is 1. The van der Waals surface area contributed by atoms with Crippen molar-refractivity contribution in [2.45, 2.75) is 150 Å². The van der Waals surface area contributed by atoms with Crippen LogP contribution in [0, 0.1) is 53.3 Å². The highest BCUT2D eigenvalue weighted by Crippen LogP contribution is 2.67. The summed E-state index contributed by atoms with van der Waals surface area (Å²) >= 11 is 0. The maximum atomic E-state index is 13.9. The molecule has 5 aliphatic rings. The maximum absolute atomic E-state index is 13.9. The van der Waals surface area contributed by atoms with Gasteiger partial charge in [0.15, 0.2) is 0 Å². The maximum Gasteiger partial charge on any atom is 0.333 e. The van der Waals surface area contributed by atoms with Gasteiger partial charge < -0.3 is 37.9 Å². The fourth-order valence-corrected chi connectivity index (χ4v) is 13.1. The molecule has 3 saturated carbocycles.